The van der Waals surface area contributed by atoms with Gasteiger partial charge in [-0.2, -0.15) is 0 Å². The third kappa shape index (κ3) is 2.62. The fourth-order valence-electron chi connectivity index (χ4n) is 4.66. The first-order valence-corrected chi connectivity index (χ1v) is 10.0. The Labute approximate surface area is 165 Å². The monoisotopic (exact) mass is 368 g/mol. The predicted molar refractivity (Wildman–Crippen MR) is 113 cm³/mol. The molecule has 0 saturated heterocycles. The van der Waals surface area contributed by atoms with Crippen molar-refractivity contribution in [2.24, 2.45) is 11.1 Å². The molecule has 1 aromatic heterocycles. The molecule has 0 spiro atoms. The number of nitrogens with one attached hydrogen (secondary N) is 1. The molecule has 2 aliphatic rings. The minimum atomic E-state index is -0.192. The molecule has 0 unspecified atom stereocenters. The van der Waals surface area contributed by atoms with Gasteiger partial charge in [-0.05, 0) is 36.0 Å². The van der Waals surface area contributed by atoms with Gasteiger partial charge in [-0.25, -0.2) is 0 Å². The van der Waals surface area contributed by atoms with E-state index in [0.717, 1.165) is 30.7 Å². The fourth-order valence-corrected chi connectivity index (χ4v) is 4.66. The number of aromatic amines is 1. The van der Waals surface area contributed by atoms with Crippen molar-refractivity contribution in [1.82, 2.24) is 4.98 Å². The quantitative estimate of drug-likeness (QED) is 0.354. The maximum Gasteiger partial charge on any atom is 0.107 e. The molecule has 1 saturated carbocycles. The van der Waals surface area contributed by atoms with Crippen LogP contribution in [0.1, 0.15) is 47.2 Å². The van der Waals surface area contributed by atoms with Crippen molar-refractivity contribution in [3.05, 3.63) is 101 Å². The van der Waals surface area contributed by atoms with Gasteiger partial charge in [0.2, 0.25) is 0 Å². The van der Waals surface area contributed by atoms with Crippen LogP contribution in [0.5, 0.6) is 0 Å². The molecule has 0 aliphatic heterocycles. The minimum Gasteiger partial charge on any atom is -0.411 e. The number of allylic oxidation sites excluding steroid dienone is 1. The molecule has 140 valence electrons. The van der Waals surface area contributed by atoms with Crippen LogP contribution in [0.4, 0.5) is 0 Å². The van der Waals surface area contributed by atoms with Crippen molar-refractivity contribution in [2.75, 3.05) is 0 Å². The Morgan fingerprint density at radius 3 is 2.14 bits per heavy atom. The van der Waals surface area contributed by atoms with Gasteiger partial charge in [0.1, 0.15) is 5.71 Å². The Bertz CT molecular complexity index is 987. The molecule has 2 aliphatic carbocycles. The number of H-pyrrole nitrogens is 1. The van der Waals surface area contributed by atoms with E-state index in [-0.39, 0.29) is 5.41 Å². The highest BCUT2D eigenvalue weighted by Gasteiger charge is 2.37. The van der Waals surface area contributed by atoms with Crippen LogP contribution in [0.25, 0.3) is 6.08 Å². The SMILES string of the molecule is ON=C(c1[nH]cc2c1C=CC(c1ccccc1)(c1ccccc1)C2)C1CCC1. The molecule has 3 nitrogen and oxygen atoms in total. The number of aromatic nitrogens is 1. The molecule has 0 amide bonds. The van der Waals surface area contributed by atoms with Crippen molar-refractivity contribution in [3.63, 3.8) is 0 Å². The van der Waals surface area contributed by atoms with Gasteiger partial charge in [0, 0.05) is 23.1 Å². The third-order valence-electron chi connectivity index (χ3n) is 6.44. The van der Waals surface area contributed by atoms with E-state index >= 15 is 0 Å². The summed E-state index contributed by atoms with van der Waals surface area (Å²) >= 11 is 0. The smallest absolute Gasteiger partial charge is 0.107 e. The van der Waals surface area contributed by atoms with Gasteiger partial charge in [-0.3, -0.25) is 0 Å². The number of oxime groups is 1. The first kappa shape index (κ1) is 17.1. The Kier molecular flexibility index (Phi) is 4.16. The van der Waals surface area contributed by atoms with Crippen LogP contribution < -0.4 is 0 Å². The Hall–Kier alpha value is -3.07. The molecule has 1 fully saturated rings. The number of hydrogen-bond acceptors (Lipinski definition) is 2. The highest BCUT2D eigenvalue weighted by molar-refractivity contribution is 6.04. The largest absolute Gasteiger partial charge is 0.411 e. The molecule has 2 N–H and O–H groups in total. The van der Waals surface area contributed by atoms with Gasteiger partial charge < -0.3 is 10.2 Å². The highest BCUT2D eigenvalue weighted by Crippen LogP contribution is 2.43. The summed E-state index contributed by atoms with van der Waals surface area (Å²) in [4.78, 5) is 3.42. The molecule has 2 aromatic carbocycles. The lowest BCUT2D eigenvalue weighted by atomic mass is 9.67. The Balaban J connectivity index is 1.61. The molecule has 0 radical (unpaired) electrons. The molecule has 0 bridgehead atoms. The zero-order valence-electron chi connectivity index (χ0n) is 15.8. The second kappa shape index (κ2) is 6.83. The topological polar surface area (TPSA) is 48.4 Å². The second-order valence-corrected chi connectivity index (χ2v) is 7.93. The first-order chi connectivity index (χ1) is 13.8. The lowest BCUT2D eigenvalue weighted by molar-refractivity contribution is 0.306. The fraction of sp³-hybridized carbons (Fsp3) is 0.240. The van der Waals surface area contributed by atoms with E-state index in [4.69, 9.17) is 0 Å². The molecule has 5 rings (SSSR count). The van der Waals surface area contributed by atoms with Crippen LogP contribution in [0, 0.1) is 5.92 Å². The normalized spacial score (nSPS) is 18.5. The molecular weight excluding hydrogens is 344 g/mol. The molecule has 28 heavy (non-hydrogen) atoms. The summed E-state index contributed by atoms with van der Waals surface area (Å²) in [6.45, 7) is 0. The van der Waals surface area contributed by atoms with Gasteiger partial charge in [0.15, 0.2) is 0 Å². The van der Waals surface area contributed by atoms with Crippen LogP contribution in [-0.4, -0.2) is 15.9 Å². The maximum absolute atomic E-state index is 9.64. The molecular formula is C25H24N2O. The van der Waals surface area contributed by atoms with E-state index in [1.165, 1.54) is 28.7 Å². The summed E-state index contributed by atoms with van der Waals surface area (Å²) < 4.78 is 0. The number of rotatable bonds is 4. The van der Waals surface area contributed by atoms with Crippen molar-refractivity contribution in [3.8, 4) is 0 Å². The predicted octanol–water partition coefficient (Wildman–Crippen LogP) is 5.55. The van der Waals surface area contributed by atoms with E-state index < -0.39 is 0 Å². The van der Waals surface area contributed by atoms with Crippen LogP contribution in [-0.2, 0) is 11.8 Å². The average molecular weight is 368 g/mol. The summed E-state index contributed by atoms with van der Waals surface area (Å²) in [5.41, 5.74) is 6.62. The summed E-state index contributed by atoms with van der Waals surface area (Å²) in [5.74, 6) is 0.371. The summed E-state index contributed by atoms with van der Waals surface area (Å²) in [6, 6.07) is 21.4. The second-order valence-electron chi connectivity index (χ2n) is 7.93. The summed E-state index contributed by atoms with van der Waals surface area (Å²) in [6.07, 6.45) is 10.9. The standard InChI is InChI=1S/C25H24N2O/c28-27-23(18-8-7-9-18)24-22-14-15-25(16-19(22)17-26-24,20-10-3-1-4-11-20)21-12-5-2-6-13-21/h1-6,10-15,17-18,26,28H,7-9,16H2. The number of fused-ring (bicyclic) bond motifs is 1. The van der Waals surface area contributed by atoms with Crippen molar-refractivity contribution < 1.29 is 5.21 Å². The van der Waals surface area contributed by atoms with Gasteiger partial charge in [-0.1, -0.05) is 84.4 Å². The maximum atomic E-state index is 9.64. The average Bonchev–Trinajstić information content (AvgIpc) is 3.14. The van der Waals surface area contributed by atoms with E-state index in [9.17, 15) is 5.21 Å². The first-order valence-electron chi connectivity index (χ1n) is 10.0. The highest BCUT2D eigenvalue weighted by atomic mass is 16.4. The van der Waals surface area contributed by atoms with E-state index in [2.05, 4.69) is 89.2 Å². The number of benzene rings is 2. The lowest BCUT2D eigenvalue weighted by Crippen LogP contribution is -2.30. The summed E-state index contributed by atoms with van der Waals surface area (Å²) in [5, 5.41) is 13.3. The number of hydrogen-bond donors (Lipinski definition) is 2. The van der Waals surface area contributed by atoms with E-state index in [1.54, 1.807) is 0 Å². The van der Waals surface area contributed by atoms with Gasteiger partial charge in [0.05, 0.1) is 5.69 Å². The molecule has 1 heterocycles. The molecule has 0 atom stereocenters. The van der Waals surface area contributed by atoms with Crippen molar-refractivity contribution in [2.45, 2.75) is 31.1 Å². The minimum absolute atomic E-state index is 0.192. The van der Waals surface area contributed by atoms with Crippen LogP contribution in [0.2, 0.25) is 0 Å². The van der Waals surface area contributed by atoms with Gasteiger partial charge in [-0.15, -0.1) is 0 Å². The summed E-state index contributed by atoms with van der Waals surface area (Å²) in [7, 11) is 0. The van der Waals surface area contributed by atoms with Crippen LogP contribution >= 0.6 is 0 Å². The van der Waals surface area contributed by atoms with E-state index in [0.29, 0.717) is 5.92 Å². The van der Waals surface area contributed by atoms with Gasteiger partial charge >= 0.3 is 0 Å². The lowest BCUT2D eigenvalue weighted by Gasteiger charge is -2.35. The Morgan fingerprint density at radius 1 is 0.964 bits per heavy atom. The zero-order chi connectivity index (χ0) is 19.0. The third-order valence-corrected chi connectivity index (χ3v) is 6.44. The molecule has 3 heteroatoms. The van der Waals surface area contributed by atoms with Crippen molar-refractivity contribution >= 4 is 11.8 Å². The van der Waals surface area contributed by atoms with Gasteiger partial charge in [0.25, 0.3) is 0 Å². The van der Waals surface area contributed by atoms with Crippen LogP contribution in [0.15, 0.2) is 78.1 Å². The zero-order valence-corrected chi connectivity index (χ0v) is 15.8. The number of nitrogens with zero attached hydrogens (tertiary/aromatic N) is 1. The molecule has 3 aromatic rings. The Morgan fingerprint density at radius 2 is 1.61 bits per heavy atom. The van der Waals surface area contributed by atoms with E-state index in [1.807, 2.05) is 0 Å². The van der Waals surface area contributed by atoms with Crippen molar-refractivity contribution in [1.29, 1.82) is 0 Å². The van der Waals surface area contributed by atoms with Crippen LogP contribution in [0.3, 0.4) is 0 Å².